The van der Waals surface area contributed by atoms with E-state index in [-0.39, 0.29) is 23.5 Å². The molecule has 7 heteroatoms. The molecule has 2 saturated heterocycles. The van der Waals surface area contributed by atoms with E-state index in [1.54, 1.807) is 12.3 Å². The van der Waals surface area contributed by atoms with Crippen molar-refractivity contribution in [1.82, 2.24) is 15.3 Å². The van der Waals surface area contributed by atoms with E-state index in [1.807, 2.05) is 49.5 Å². The summed E-state index contributed by atoms with van der Waals surface area (Å²) in [5, 5.41) is 4.55. The van der Waals surface area contributed by atoms with Crippen LogP contribution in [0.4, 0.5) is 10.1 Å². The van der Waals surface area contributed by atoms with Gasteiger partial charge in [0.2, 0.25) is 0 Å². The van der Waals surface area contributed by atoms with Gasteiger partial charge in [0.25, 0.3) is 5.56 Å². The van der Waals surface area contributed by atoms with Crippen molar-refractivity contribution in [3.63, 3.8) is 0 Å². The van der Waals surface area contributed by atoms with Gasteiger partial charge in [-0.3, -0.25) is 9.78 Å². The number of aromatic nitrogens is 2. The van der Waals surface area contributed by atoms with E-state index in [0.717, 1.165) is 71.5 Å². The van der Waals surface area contributed by atoms with E-state index in [4.69, 9.17) is 9.72 Å². The lowest BCUT2D eigenvalue weighted by molar-refractivity contribution is -0.0134. The molecule has 0 spiro atoms. The second-order valence-electron chi connectivity index (χ2n) is 9.39. The second kappa shape index (κ2) is 8.91. The normalized spacial score (nSPS) is 20.1. The third-order valence-electron chi connectivity index (χ3n) is 7.03. The molecular weight excluding hydrogens is 443 g/mol. The lowest BCUT2D eigenvalue weighted by Crippen LogP contribution is -2.58. The summed E-state index contributed by atoms with van der Waals surface area (Å²) in [6.45, 7) is 5.07. The zero-order valence-corrected chi connectivity index (χ0v) is 19.6. The number of anilines is 1. The number of nitrogens with zero attached hydrogens (tertiary/aromatic N) is 2. The Bertz CT molecular complexity index is 1450. The number of benzene rings is 2. The molecule has 2 aliphatic heterocycles. The molecule has 0 bridgehead atoms. The fourth-order valence-corrected chi connectivity index (χ4v) is 5.42. The average Bonchev–Trinajstić information content (AvgIpc) is 2.87. The van der Waals surface area contributed by atoms with Gasteiger partial charge in [0.15, 0.2) is 0 Å². The number of fused-ring (bicyclic) bond motifs is 2. The number of ether oxygens (including phenoxy) is 1. The van der Waals surface area contributed by atoms with Crippen LogP contribution >= 0.6 is 0 Å². The van der Waals surface area contributed by atoms with Crippen LogP contribution in [-0.4, -0.2) is 48.4 Å². The summed E-state index contributed by atoms with van der Waals surface area (Å²) in [6.07, 6.45) is 4.58. The topological polar surface area (TPSA) is 70.2 Å². The highest BCUT2D eigenvalue weighted by Crippen LogP contribution is 2.40. The molecule has 0 unspecified atom stereocenters. The number of aryl methyl sites for hydroxylation is 1. The van der Waals surface area contributed by atoms with E-state index >= 15 is 0 Å². The first kappa shape index (κ1) is 21.9. The van der Waals surface area contributed by atoms with Gasteiger partial charge in [-0.2, -0.15) is 0 Å². The van der Waals surface area contributed by atoms with Crippen LogP contribution < -0.4 is 15.8 Å². The summed E-state index contributed by atoms with van der Waals surface area (Å²) < 4.78 is 20.5. The average molecular weight is 471 g/mol. The standard InChI is InChI=1S/C28H27FN4O2/c1-17-11-19(13-20(29)12-17)23-15-32-24-5-4-18(21-3-2-7-31-28(21)34)14-22(24)27(23)33-9-6-26-25(16-33)30-8-10-35-26/h2-5,7,11-15,25-26,30H,6,8-10,16H2,1H3,(H,31,34)/t25-,26-/m1/s1. The third kappa shape index (κ3) is 4.11. The van der Waals surface area contributed by atoms with Crippen molar-refractivity contribution >= 4 is 16.6 Å². The Kier molecular flexibility index (Phi) is 5.59. The Morgan fingerprint density at radius 3 is 2.89 bits per heavy atom. The highest BCUT2D eigenvalue weighted by Gasteiger charge is 2.33. The van der Waals surface area contributed by atoms with Crippen molar-refractivity contribution in [1.29, 1.82) is 0 Å². The van der Waals surface area contributed by atoms with Gasteiger partial charge in [-0.05, 0) is 66.4 Å². The molecule has 4 aromatic rings. The van der Waals surface area contributed by atoms with Gasteiger partial charge >= 0.3 is 0 Å². The number of halogens is 1. The Balaban J connectivity index is 1.56. The molecule has 2 fully saturated rings. The molecule has 2 aromatic heterocycles. The minimum Gasteiger partial charge on any atom is -0.375 e. The second-order valence-corrected chi connectivity index (χ2v) is 9.39. The predicted octanol–water partition coefficient (Wildman–Crippen LogP) is 4.27. The lowest BCUT2D eigenvalue weighted by Gasteiger charge is -2.43. The number of hydrogen-bond acceptors (Lipinski definition) is 5. The molecule has 35 heavy (non-hydrogen) atoms. The van der Waals surface area contributed by atoms with Crippen LogP contribution in [-0.2, 0) is 4.74 Å². The SMILES string of the molecule is Cc1cc(F)cc(-c2cnc3ccc(-c4ccc[nH]c4=O)cc3c2N2CC[C@H]3OCCN[C@@H]3C2)c1. The van der Waals surface area contributed by atoms with E-state index in [1.165, 1.54) is 6.07 Å². The highest BCUT2D eigenvalue weighted by molar-refractivity contribution is 6.01. The van der Waals surface area contributed by atoms with Crippen LogP contribution in [0.5, 0.6) is 0 Å². The van der Waals surface area contributed by atoms with Gasteiger partial charge in [-0.15, -0.1) is 0 Å². The van der Waals surface area contributed by atoms with E-state index in [2.05, 4.69) is 15.2 Å². The number of piperidine rings is 1. The van der Waals surface area contributed by atoms with E-state index in [0.29, 0.717) is 5.56 Å². The Labute approximate surface area is 202 Å². The van der Waals surface area contributed by atoms with Gasteiger partial charge in [0, 0.05) is 48.5 Å². The maximum Gasteiger partial charge on any atom is 0.255 e. The maximum atomic E-state index is 14.5. The monoisotopic (exact) mass is 470 g/mol. The molecule has 2 aliphatic rings. The summed E-state index contributed by atoms with van der Waals surface area (Å²) >= 11 is 0. The zero-order chi connectivity index (χ0) is 23.9. The molecule has 6 nitrogen and oxygen atoms in total. The first-order valence-corrected chi connectivity index (χ1v) is 12.1. The molecule has 0 radical (unpaired) electrons. The molecule has 0 aliphatic carbocycles. The molecule has 178 valence electrons. The van der Waals surface area contributed by atoms with Gasteiger partial charge in [0.1, 0.15) is 5.82 Å². The summed E-state index contributed by atoms with van der Waals surface area (Å²) in [5.74, 6) is -0.267. The highest BCUT2D eigenvalue weighted by atomic mass is 19.1. The van der Waals surface area contributed by atoms with Crippen LogP contribution in [0.15, 0.2) is 65.7 Å². The molecule has 0 amide bonds. The predicted molar refractivity (Wildman–Crippen MR) is 136 cm³/mol. The van der Waals surface area contributed by atoms with Crippen LogP contribution in [0.1, 0.15) is 12.0 Å². The first-order valence-electron chi connectivity index (χ1n) is 12.1. The van der Waals surface area contributed by atoms with Gasteiger partial charge in [-0.1, -0.05) is 12.1 Å². The third-order valence-corrected chi connectivity index (χ3v) is 7.03. The van der Waals surface area contributed by atoms with Crippen LogP contribution in [0.25, 0.3) is 33.2 Å². The smallest absolute Gasteiger partial charge is 0.255 e. The van der Waals surface area contributed by atoms with Crippen molar-refractivity contribution in [3.8, 4) is 22.3 Å². The number of rotatable bonds is 3. The summed E-state index contributed by atoms with van der Waals surface area (Å²) in [4.78, 5) is 22.4. The fourth-order valence-electron chi connectivity index (χ4n) is 5.42. The molecule has 2 N–H and O–H groups in total. The maximum absolute atomic E-state index is 14.5. The Morgan fingerprint density at radius 2 is 2.03 bits per heavy atom. The molecule has 2 aromatic carbocycles. The number of H-pyrrole nitrogens is 1. The molecular formula is C28H27FN4O2. The Hall–Kier alpha value is -3.55. The summed E-state index contributed by atoms with van der Waals surface area (Å²) in [7, 11) is 0. The first-order chi connectivity index (χ1) is 17.1. The van der Waals surface area contributed by atoms with Crippen LogP contribution in [0.3, 0.4) is 0 Å². The molecule has 6 rings (SSSR count). The summed E-state index contributed by atoms with van der Waals surface area (Å²) in [6, 6.07) is 14.9. The molecule has 2 atom stereocenters. The van der Waals surface area contributed by atoms with E-state index < -0.39 is 0 Å². The van der Waals surface area contributed by atoms with Crippen molar-refractivity contribution < 1.29 is 9.13 Å². The van der Waals surface area contributed by atoms with Gasteiger partial charge in [0.05, 0.1) is 30.0 Å². The van der Waals surface area contributed by atoms with Crippen LogP contribution in [0.2, 0.25) is 0 Å². The van der Waals surface area contributed by atoms with Crippen molar-refractivity contribution in [2.24, 2.45) is 0 Å². The minimum absolute atomic E-state index is 0.136. The number of aromatic amines is 1. The van der Waals surface area contributed by atoms with Crippen molar-refractivity contribution in [2.45, 2.75) is 25.5 Å². The quantitative estimate of drug-likeness (QED) is 0.468. The van der Waals surface area contributed by atoms with Crippen molar-refractivity contribution in [2.75, 3.05) is 31.1 Å². The van der Waals surface area contributed by atoms with E-state index in [9.17, 15) is 9.18 Å². The Morgan fingerprint density at radius 1 is 1.11 bits per heavy atom. The number of morpholine rings is 1. The number of pyridine rings is 2. The zero-order valence-electron chi connectivity index (χ0n) is 19.6. The minimum atomic E-state index is -0.267. The lowest BCUT2D eigenvalue weighted by atomic mass is 9.94. The molecule has 4 heterocycles. The largest absolute Gasteiger partial charge is 0.375 e. The van der Waals surface area contributed by atoms with Crippen molar-refractivity contribution in [3.05, 3.63) is 82.7 Å². The van der Waals surface area contributed by atoms with Gasteiger partial charge in [-0.25, -0.2) is 4.39 Å². The summed E-state index contributed by atoms with van der Waals surface area (Å²) in [5.41, 5.74) is 5.68. The number of nitrogens with one attached hydrogen (secondary N) is 2. The van der Waals surface area contributed by atoms with Gasteiger partial charge < -0.3 is 19.9 Å². The van der Waals surface area contributed by atoms with Crippen LogP contribution in [0, 0.1) is 12.7 Å². The fraction of sp³-hybridized carbons (Fsp3) is 0.286. The number of hydrogen-bond donors (Lipinski definition) is 2. The molecule has 0 saturated carbocycles.